The first kappa shape index (κ1) is 10.7. The zero-order chi connectivity index (χ0) is 12.5. The van der Waals surface area contributed by atoms with Crippen molar-refractivity contribution < 1.29 is 14.6 Å². The fourth-order valence-corrected chi connectivity index (χ4v) is 2.13. The molecule has 0 bridgehead atoms. The molecule has 0 radical (unpaired) electrons. The van der Waals surface area contributed by atoms with Crippen molar-refractivity contribution in [2.45, 2.75) is 0 Å². The Hall–Kier alpha value is -2.49. The summed E-state index contributed by atoms with van der Waals surface area (Å²) in [6.07, 6.45) is 0. The number of hydrogen-bond donors (Lipinski definition) is 2. The molecule has 0 unspecified atom stereocenters. The van der Waals surface area contributed by atoms with E-state index in [0.29, 0.717) is 5.75 Å². The van der Waals surface area contributed by atoms with Gasteiger partial charge in [-0.2, -0.15) is 0 Å². The molecule has 0 amide bonds. The second-order valence-electron chi connectivity index (χ2n) is 4.03. The highest BCUT2D eigenvalue weighted by molar-refractivity contribution is 6.10. The largest absolute Gasteiger partial charge is 0.481 e. The van der Waals surface area contributed by atoms with Gasteiger partial charge in [-0.25, -0.2) is 4.79 Å². The van der Waals surface area contributed by atoms with Crippen LogP contribution in [0.5, 0.6) is 5.75 Å². The van der Waals surface area contributed by atoms with Crippen LogP contribution in [0.4, 0.5) is 0 Å². The van der Waals surface area contributed by atoms with Gasteiger partial charge in [0, 0.05) is 16.3 Å². The molecule has 1 heterocycles. The minimum Gasteiger partial charge on any atom is -0.481 e. The molecule has 0 aliphatic carbocycles. The first-order valence-electron chi connectivity index (χ1n) is 5.60. The Morgan fingerprint density at radius 3 is 2.72 bits per heavy atom. The molecule has 4 nitrogen and oxygen atoms in total. The zero-order valence-electron chi connectivity index (χ0n) is 9.51. The van der Waals surface area contributed by atoms with Crippen LogP contribution in [0, 0.1) is 0 Å². The molecule has 3 rings (SSSR count). The Labute approximate surface area is 103 Å². The summed E-state index contributed by atoms with van der Waals surface area (Å²) in [6.45, 7) is -0.335. The summed E-state index contributed by atoms with van der Waals surface area (Å²) < 4.78 is 5.33. The first-order chi connectivity index (χ1) is 8.75. The van der Waals surface area contributed by atoms with Crippen LogP contribution in [-0.4, -0.2) is 22.7 Å². The summed E-state index contributed by atoms with van der Waals surface area (Å²) in [4.78, 5) is 13.9. The van der Waals surface area contributed by atoms with Gasteiger partial charge in [-0.05, 0) is 18.2 Å². The SMILES string of the molecule is O=C(O)COc1cccc2[nH]c3ccccc3c12. The summed E-state index contributed by atoms with van der Waals surface area (Å²) in [5.74, 6) is -0.390. The van der Waals surface area contributed by atoms with Crippen LogP contribution in [0.2, 0.25) is 0 Å². The highest BCUT2D eigenvalue weighted by Gasteiger charge is 2.09. The minimum absolute atomic E-state index is 0.335. The number of aromatic nitrogens is 1. The average Bonchev–Trinajstić information content (AvgIpc) is 2.75. The Bertz CT molecular complexity index is 730. The normalized spacial score (nSPS) is 10.9. The monoisotopic (exact) mass is 241 g/mol. The maximum atomic E-state index is 10.6. The molecule has 0 saturated heterocycles. The van der Waals surface area contributed by atoms with Crippen molar-refractivity contribution in [3.8, 4) is 5.75 Å². The molecule has 0 atom stereocenters. The van der Waals surface area contributed by atoms with Crippen molar-refractivity contribution in [1.29, 1.82) is 0 Å². The van der Waals surface area contributed by atoms with Gasteiger partial charge in [-0.15, -0.1) is 0 Å². The number of aliphatic carboxylic acids is 1. The highest BCUT2D eigenvalue weighted by atomic mass is 16.5. The lowest BCUT2D eigenvalue weighted by molar-refractivity contribution is -0.139. The van der Waals surface area contributed by atoms with Gasteiger partial charge in [-0.3, -0.25) is 0 Å². The maximum absolute atomic E-state index is 10.6. The van der Waals surface area contributed by atoms with Crippen LogP contribution in [0.25, 0.3) is 21.8 Å². The molecule has 0 aliphatic rings. The number of rotatable bonds is 3. The molecule has 0 saturated carbocycles. The predicted octanol–water partition coefficient (Wildman–Crippen LogP) is 2.78. The van der Waals surface area contributed by atoms with E-state index in [0.717, 1.165) is 21.8 Å². The van der Waals surface area contributed by atoms with E-state index in [9.17, 15) is 4.79 Å². The number of fused-ring (bicyclic) bond motifs is 3. The second-order valence-corrected chi connectivity index (χ2v) is 4.03. The van der Waals surface area contributed by atoms with Crippen molar-refractivity contribution >= 4 is 27.8 Å². The zero-order valence-corrected chi connectivity index (χ0v) is 9.51. The van der Waals surface area contributed by atoms with E-state index in [1.165, 1.54) is 0 Å². The molecular weight excluding hydrogens is 230 g/mol. The van der Waals surface area contributed by atoms with Gasteiger partial charge in [-0.1, -0.05) is 24.3 Å². The lowest BCUT2D eigenvalue weighted by atomic mass is 10.1. The molecule has 2 N–H and O–H groups in total. The van der Waals surface area contributed by atoms with Crippen molar-refractivity contribution in [3.63, 3.8) is 0 Å². The molecule has 1 aromatic heterocycles. The summed E-state index contributed by atoms with van der Waals surface area (Å²) in [5.41, 5.74) is 1.96. The van der Waals surface area contributed by atoms with Crippen molar-refractivity contribution in [1.82, 2.24) is 4.98 Å². The summed E-state index contributed by atoms with van der Waals surface area (Å²) in [6, 6.07) is 13.4. The summed E-state index contributed by atoms with van der Waals surface area (Å²) in [7, 11) is 0. The smallest absolute Gasteiger partial charge is 0.341 e. The van der Waals surface area contributed by atoms with E-state index in [4.69, 9.17) is 9.84 Å². The fraction of sp³-hybridized carbons (Fsp3) is 0.0714. The van der Waals surface area contributed by atoms with Crippen molar-refractivity contribution in [2.75, 3.05) is 6.61 Å². The van der Waals surface area contributed by atoms with Gasteiger partial charge in [0.05, 0.1) is 5.52 Å². The average molecular weight is 241 g/mol. The molecule has 90 valence electrons. The maximum Gasteiger partial charge on any atom is 0.341 e. The molecule has 0 aliphatic heterocycles. The lowest BCUT2D eigenvalue weighted by Crippen LogP contribution is -2.09. The van der Waals surface area contributed by atoms with E-state index < -0.39 is 5.97 Å². The van der Waals surface area contributed by atoms with E-state index in [1.807, 2.05) is 36.4 Å². The molecular formula is C14H11NO3. The third-order valence-electron chi connectivity index (χ3n) is 2.84. The topological polar surface area (TPSA) is 62.3 Å². The lowest BCUT2D eigenvalue weighted by Gasteiger charge is -2.04. The standard InChI is InChI=1S/C14H11NO3/c16-13(17)8-18-12-7-3-6-11-14(12)9-4-1-2-5-10(9)15-11/h1-7,15H,8H2,(H,16,17). The summed E-state index contributed by atoms with van der Waals surface area (Å²) >= 11 is 0. The van der Waals surface area contributed by atoms with Crippen LogP contribution >= 0.6 is 0 Å². The highest BCUT2D eigenvalue weighted by Crippen LogP contribution is 2.32. The second kappa shape index (κ2) is 4.07. The number of nitrogens with one attached hydrogen (secondary N) is 1. The van der Waals surface area contributed by atoms with E-state index in [1.54, 1.807) is 6.07 Å². The number of ether oxygens (including phenoxy) is 1. The molecule has 4 heteroatoms. The van der Waals surface area contributed by atoms with Gasteiger partial charge < -0.3 is 14.8 Å². The van der Waals surface area contributed by atoms with Gasteiger partial charge >= 0.3 is 5.97 Å². The number of carboxylic acid groups (broad SMARTS) is 1. The van der Waals surface area contributed by atoms with E-state index in [-0.39, 0.29) is 6.61 Å². The number of benzene rings is 2. The molecule has 0 fully saturated rings. The van der Waals surface area contributed by atoms with Crippen LogP contribution in [0.3, 0.4) is 0 Å². The van der Waals surface area contributed by atoms with Crippen LogP contribution in [0.15, 0.2) is 42.5 Å². The van der Waals surface area contributed by atoms with Crippen LogP contribution in [-0.2, 0) is 4.79 Å². The third kappa shape index (κ3) is 1.68. The molecule has 3 aromatic rings. The Kier molecular flexibility index (Phi) is 2.41. The van der Waals surface area contributed by atoms with Gasteiger partial charge in [0.15, 0.2) is 6.61 Å². The number of para-hydroxylation sites is 1. The Morgan fingerprint density at radius 2 is 1.89 bits per heavy atom. The fourth-order valence-electron chi connectivity index (χ4n) is 2.13. The number of carboxylic acids is 1. The summed E-state index contributed by atoms with van der Waals surface area (Å²) in [5, 5.41) is 10.6. The van der Waals surface area contributed by atoms with Crippen LogP contribution < -0.4 is 4.74 Å². The van der Waals surface area contributed by atoms with Gasteiger partial charge in [0.1, 0.15) is 5.75 Å². The number of H-pyrrole nitrogens is 1. The third-order valence-corrected chi connectivity index (χ3v) is 2.84. The van der Waals surface area contributed by atoms with Crippen molar-refractivity contribution in [2.24, 2.45) is 0 Å². The molecule has 0 spiro atoms. The van der Waals surface area contributed by atoms with Crippen molar-refractivity contribution in [3.05, 3.63) is 42.5 Å². The van der Waals surface area contributed by atoms with E-state index in [2.05, 4.69) is 4.98 Å². The molecule has 18 heavy (non-hydrogen) atoms. The number of carbonyl (C=O) groups is 1. The Balaban J connectivity index is 2.21. The number of hydrogen-bond acceptors (Lipinski definition) is 2. The van der Waals surface area contributed by atoms with Gasteiger partial charge in [0.25, 0.3) is 0 Å². The quantitative estimate of drug-likeness (QED) is 0.741. The van der Waals surface area contributed by atoms with Crippen LogP contribution in [0.1, 0.15) is 0 Å². The first-order valence-corrected chi connectivity index (χ1v) is 5.60. The Morgan fingerprint density at radius 1 is 1.11 bits per heavy atom. The number of aromatic amines is 1. The minimum atomic E-state index is -0.980. The van der Waals surface area contributed by atoms with E-state index >= 15 is 0 Å². The van der Waals surface area contributed by atoms with Gasteiger partial charge in [0.2, 0.25) is 0 Å². The predicted molar refractivity (Wildman–Crippen MR) is 68.9 cm³/mol. The molecule has 2 aromatic carbocycles.